The highest BCUT2D eigenvalue weighted by atomic mass is 16.5. The van der Waals surface area contributed by atoms with Gasteiger partial charge in [0.25, 0.3) is 0 Å². The molecule has 0 fully saturated rings. The summed E-state index contributed by atoms with van der Waals surface area (Å²) in [4.78, 5) is 35.3. The molecule has 0 saturated heterocycles. The van der Waals surface area contributed by atoms with Crippen molar-refractivity contribution in [3.05, 3.63) is 71.8 Å². The fraction of sp³-hybridized carbons (Fsp3) is 0.346. The second-order valence-corrected chi connectivity index (χ2v) is 8.52. The van der Waals surface area contributed by atoms with Gasteiger partial charge >= 0.3 is 12.1 Å². The Kier molecular flexibility index (Phi) is 8.24. The van der Waals surface area contributed by atoms with E-state index in [0.717, 1.165) is 22.3 Å². The molecule has 33 heavy (non-hydrogen) atoms. The second-order valence-electron chi connectivity index (χ2n) is 8.52. The normalized spacial score (nSPS) is 13.4. The summed E-state index contributed by atoms with van der Waals surface area (Å²) in [5.74, 6) is -1.75. The van der Waals surface area contributed by atoms with Crippen LogP contribution in [0.1, 0.15) is 37.3 Å². The third kappa shape index (κ3) is 6.44. The maximum Gasteiger partial charge on any atom is 0.407 e. The summed E-state index contributed by atoms with van der Waals surface area (Å²) in [6, 6.07) is 16.2. The number of hydrogen-bond donors (Lipinski definition) is 3. The minimum Gasteiger partial charge on any atom is -0.481 e. The second kappa shape index (κ2) is 11.3. The molecule has 1 aliphatic rings. The number of hydrogen-bond acceptors (Lipinski definition) is 4. The third-order valence-corrected chi connectivity index (χ3v) is 5.61. The summed E-state index contributed by atoms with van der Waals surface area (Å²) in [7, 11) is 0. The van der Waals surface area contributed by atoms with Crippen LogP contribution in [0.15, 0.2) is 60.7 Å². The van der Waals surface area contributed by atoms with Gasteiger partial charge in [-0.05, 0) is 34.6 Å². The number of carbonyl (C=O) groups excluding carboxylic acids is 2. The molecule has 174 valence electrons. The largest absolute Gasteiger partial charge is 0.481 e. The molecule has 1 atom stereocenters. The first kappa shape index (κ1) is 24.0. The van der Waals surface area contributed by atoms with Crippen LogP contribution in [0.2, 0.25) is 0 Å². The monoisotopic (exact) mass is 450 g/mol. The number of fused-ring (bicyclic) bond motifs is 3. The minimum absolute atomic E-state index is 0.0162. The van der Waals surface area contributed by atoms with Crippen molar-refractivity contribution in [3.63, 3.8) is 0 Å². The molecular weight excluding hydrogens is 420 g/mol. The highest BCUT2D eigenvalue weighted by Crippen LogP contribution is 2.44. The Labute approximate surface area is 193 Å². The van der Waals surface area contributed by atoms with Crippen molar-refractivity contribution in [1.82, 2.24) is 10.6 Å². The Balaban J connectivity index is 1.43. The zero-order valence-corrected chi connectivity index (χ0v) is 18.9. The van der Waals surface area contributed by atoms with Crippen molar-refractivity contribution in [2.45, 2.75) is 26.2 Å². The van der Waals surface area contributed by atoms with Crippen molar-refractivity contribution in [2.24, 2.45) is 11.8 Å². The topological polar surface area (TPSA) is 105 Å². The molecule has 0 aromatic heterocycles. The lowest BCUT2D eigenvalue weighted by atomic mass is 9.97. The maximum atomic E-state index is 12.1. The van der Waals surface area contributed by atoms with Crippen molar-refractivity contribution < 1.29 is 24.2 Å². The van der Waals surface area contributed by atoms with Gasteiger partial charge in [0.05, 0.1) is 5.92 Å². The Morgan fingerprint density at radius 1 is 1.00 bits per heavy atom. The summed E-state index contributed by atoms with van der Waals surface area (Å²) < 4.78 is 5.44. The maximum absolute atomic E-state index is 12.1. The number of nitrogens with one attached hydrogen (secondary N) is 2. The molecule has 7 heteroatoms. The molecule has 2 aromatic carbocycles. The third-order valence-electron chi connectivity index (χ3n) is 5.61. The Morgan fingerprint density at radius 2 is 1.61 bits per heavy atom. The number of carboxylic acid groups (broad SMARTS) is 1. The number of alkyl carbamates (subject to hydrolysis) is 1. The lowest BCUT2D eigenvalue weighted by Gasteiger charge is -2.14. The fourth-order valence-corrected chi connectivity index (χ4v) is 4.08. The van der Waals surface area contributed by atoms with Crippen molar-refractivity contribution >= 4 is 18.0 Å². The molecular formula is C26H30N2O5. The summed E-state index contributed by atoms with van der Waals surface area (Å²) in [5.41, 5.74) is 4.60. The van der Waals surface area contributed by atoms with Gasteiger partial charge in [-0.2, -0.15) is 0 Å². The zero-order chi connectivity index (χ0) is 23.8. The Morgan fingerprint density at radius 3 is 2.18 bits per heavy atom. The number of aliphatic carboxylic acids is 1. The average Bonchev–Trinajstić information content (AvgIpc) is 3.11. The molecule has 2 amide bonds. The number of carboxylic acids is 1. The average molecular weight is 451 g/mol. The van der Waals surface area contributed by atoms with Crippen LogP contribution in [0.5, 0.6) is 0 Å². The van der Waals surface area contributed by atoms with Crippen LogP contribution in [0, 0.1) is 11.8 Å². The van der Waals surface area contributed by atoms with Crippen LogP contribution in [-0.4, -0.2) is 42.8 Å². The van der Waals surface area contributed by atoms with E-state index in [1.807, 2.05) is 38.1 Å². The molecule has 1 unspecified atom stereocenters. The van der Waals surface area contributed by atoms with Gasteiger partial charge in [-0.25, -0.2) is 4.79 Å². The molecule has 0 aliphatic heterocycles. The first-order chi connectivity index (χ1) is 15.9. The molecule has 0 bridgehead atoms. The van der Waals surface area contributed by atoms with Gasteiger partial charge < -0.3 is 20.5 Å². The van der Waals surface area contributed by atoms with E-state index >= 15 is 0 Å². The minimum atomic E-state index is -0.926. The van der Waals surface area contributed by atoms with Crippen molar-refractivity contribution in [1.29, 1.82) is 0 Å². The quantitative estimate of drug-likeness (QED) is 0.476. The highest BCUT2D eigenvalue weighted by Gasteiger charge is 2.28. The predicted octanol–water partition coefficient (Wildman–Crippen LogP) is 3.94. The van der Waals surface area contributed by atoms with E-state index in [-0.39, 0.29) is 31.5 Å². The first-order valence-corrected chi connectivity index (χ1v) is 11.1. The molecule has 0 saturated carbocycles. The summed E-state index contributed by atoms with van der Waals surface area (Å²) >= 11 is 0. The highest BCUT2D eigenvalue weighted by molar-refractivity contribution is 5.88. The molecule has 3 rings (SSSR count). The number of ether oxygens (including phenoxy) is 1. The van der Waals surface area contributed by atoms with E-state index in [1.54, 1.807) is 0 Å². The van der Waals surface area contributed by atoms with Gasteiger partial charge in [0.1, 0.15) is 6.61 Å². The number of amides is 2. The van der Waals surface area contributed by atoms with Gasteiger partial charge in [-0.15, -0.1) is 0 Å². The SMILES string of the molecule is CC(C)CC(CNC(=O)/C=C/CNC(=O)OCC1c2ccccc2-c2ccccc21)C(=O)O. The predicted molar refractivity (Wildman–Crippen MR) is 126 cm³/mol. The number of benzene rings is 2. The molecule has 2 aromatic rings. The van der Waals surface area contributed by atoms with Gasteiger partial charge in [-0.1, -0.05) is 68.5 Å². The molecule has 3 N–H and O–H groups in total. The summed E-state index contributed by atoms with van der Waals surface area (Å²) in [6.07, 6.45) is 2.69. The van der Waals surface area contributed by atoms with E-state index in [1.165, 1.54) is 12.2 Å². The van der Waals surface area contributed by atoms with Crippen LogP contribution < -0.4 is 10.6 Å². The molecule has 0 radical (unpaired) electrons. The van der Waals surface area contributed by atoms with Crippen LogP contribution in [-0.2, 0) is 14.3 Å². The van der Waals surface area contributed by atoms with E-state index in [2.05, 4.69) is 34.9 Å². The zero-order valence-electron chi connectivity index (χ0n) is 18.9. The van der Waals surface area contributed by atoms with Gasteiger partial charge in [0.15, 0.2) is 0 Å². The van der Waals surface area contributed by atoms with E-state index in [0.29, 0.717) is 6.42 Å². The molecule has 0 heterocycles. The smallest absolute Gasteiger partial charge is 0.407 e. The molecule has 7 nitrogen and oxygen atoms in total. The van der Waals surface area contributed by atoms with Gasteiger partial charge in [0.2, 0.25) is 5.91 Å². The van der Waals surface area contributed by atoms with Gasteiger partial charge in [0, 0.05) is 25.1 Å². The summed E-state index contributed by atoms with van der Waals surface area (Å²) in [5, 5.41) is 14.4. The first-order valence-electron chi connectivity index (χ1n) is 11.1. The summed E-state index contributed by atoms with van der Waals surface area (Å²) in [6.45, 7) is 4.28. The van der Waals surface area contributed by atoms with E-state index in [9.17, 15) is 19.5 Å². The molecule has 0 spiro atoms. The van der Waals surface area contributed by atoms with Crippen LogP contribution >= 0.6 is 0 Å². The van der Waals surface area contributed by atoms with Crippen molar-refractivity contribution in [3.8, 4) is 11.1 Å². The lowest BCUT2D eigenvalue weighted by Crippen LogP contribution is -2.33. The van der Waals surface area contributed by atoms with E-state index < -0.39 is 23.9 Å². The molecule has 1 aliphatic carbocycles. The van der Waals surface area contributed by atoms with Gasteiger partial charge in [-0.3, -0.25) is 9.59 Å². The lowest BCUT2D eigenvalue weighted by molar-refractivity contribution is -0.142. The Bertz CT molecular complexity index is 985. The number of carbonyl (C=O) groups is 3. The van der Waals surface area contributed by atoms with Crippen molar-refractivity contribution in [2.75, 3.05) is 19.7 Å². The van der Waals surface area contributed by atoms with Crippen LogP contribution in [0.3, 0.4) is 0 Å². The van der Waals surface area contributed by atoms with Crippen LogP contribution in [0.25, 0.3) is 11.1 Å². The fourth-order valence-electron chi connectivity index (χ4n) is 4.08. The van der Waals surface area contributed by atoms with E-state index in [4.69, 9.17) is 4.74 Å². The standard InChI is InChI=1S/C26H30N2O5/c1-17(2)14-18(25(30)31)15-28-24(29)12-7-13-27-26(32)33-16-23-21-10-5-3-8-19(21)20-9-4-6-11-22(20)23/h3-12,17-18,23H,13-16H2,1-2H3,(H,27,32)(H,28,29)(H,30,31)/b12-7+. The van der Waals surface area contributed by atoms with Crippen LogP contribution in [0.4, 0.5) is 4.79 Å². The number of rotatable bonds is 10. The Hall–Kier alpha value is -3.61.